The first kappa shape index (κ1) is 15.3. The Kier molecular flexibility index (Phi) is 5.37. The molecule has 1 aliphatic heterocycles. The van der Waals surface area contributed by atoms with Gasteiger partial charge in [0, 0.05) is 18.8 Å². The number of pyridine rings is 1. The van der Waals surface area contributed by atoms with E-state index in [4.69, 9.17) is 4.74 Å². The molecule has 1 aromatic heterocycles. The van der Waals surface area contributed by atoms with Crippen molar-refractivity contribution < 1.29 is 9.53 Å². The van der Waals surface area contributed by atoms with Crippen LogP contribution in [0.15, 0.2) is 21.5 Å². The van der Waals surface area contributed by atoms with Gasteiger partial charge in [0.15, 0.2) is 0 Å². The van der Waals surface area contributed by atoms with Crippen LogP contribution in [-0.4, -0.2) is 29.6 Å². The number of amides is 1. The number of hydrogen-bond donors (Lipinski definition) is 2. The molecule has 2 N–H and O–H groups in total. The average molecular weight is 343 g/mol. The summed E-state index contributed by atoms with van der Waals surface area (Å²) in [6.07, 6.45) is 5.88. The molecule has 1 amide bonds. The molecule has 6 heteroatoms. The first-order valence-corrected chi connectivity index (χ1v) is 7.66. The number of ether oxygens (including phenoxy) is 1. The number of halogens is 1. The van der Waals surface area contributed by atoms with Gasteiger partial charge in [-0.3, -0.25) is 9.59 Å². The third-order valence-electron chi connectivity index (χ3n) is 3.44. The lowest BCUT2D eigenvalue weighted by Crippen LogP contribution is -2.33. The van der Waals surface area contributed by atoms with Gasteiger partial charge in [-0.1, -0.05) is 0 Å². The first-order valence-electron chi connectivity index (χ1n) is 6.87. The minimum absolute atomic E-state index is 0.0809. The average Bonchev–Trinajstić information content (AvgIpc) is 2.92. The molecule has 0 aliphatic carbocycles. The van der Waals surface area contributed by atoms with Gasteiger partial charge in [-0.05, 0) is 54.6 Å². The van der Waals surface area contributed by atoms with Gasteiger partial charge in [-0.15, -0.1) is 0 Å². The molecule has 1 saturated heterocycles. The molecule has 0 aromatic carbocycles. The van der Waals surface area contributed by atoms with Crippen LogP contribution in [0.25, 0.3) is 0 Å². The van der Waals surface area contributed by atoms with E-state index >= 15 is 0 Å². The summed E-state index contributed by atoms with van der Waals surface area (Å²) in [5.41, 5.74) is 0.202. The summed E-state index contributed by atoms with van der Waals surface area (Å²) in [5.74, 6) is -0.179. The summed E-state index contributed by atoms with van der Waals surface area (Å²) < 4.78 is 5.92. The highest BCUT2D eigenvalue weighted by Gasteiger charge is 2.17. The molecule has 0 bridgehead atoms. The van der Waals surface area contributed by atoms with Crippen molar-refractivity contribution in [2.75, 3.05) is 6.61 Å². The second-order valence-electron chi connectivity index (χ2n) is 5.15. The lowest BCUT2D eigenvalue weighted by atomic mass is 10.1. The SMILES string of the molecule is C[C@@H](CC[C@@H]1CCCO1)NC(=O)c1c[nH]c(=O)c(Br)c1. The molecular formula is C14H19BrN2O3. The highest BCUT2D eigenvalue weighted by Crippen LogP contribution is 2.17. The second-order valence-corrected chi connectivity index (χ2v) is 6.01. The van der Waals surface area contributed by atoms with Crippen molar-refractivity contribution in [3.8, 4) is 0 Å². The van der Waals surface area contributed by atoms with Crippen LogP contribution in [0.2, 0.25) is 0 Å². The lowest BCUT2D eigenvalue weighted by Gasteiger charge is -2.16. The van der Waals surface area contributed by atoms with Crippen molar-refractivity contribution in [3.05, 3.63) is 32.7 Å². The van der Waals surface area contributed by atoms with Gasteiger partial charge in [0.05, 0.1) is 16.1 Å². The summed E-state index contributed by atoms with van der Waals surface area (Å²) in [7, 11) is 0. The summed E-state index contributed by atoms with van der Waals surface area (Å²) in [5, 5.41) is 2.93. The van der Waals surface area contributed by atoms with E-state index in [2.05, 4.69) is 26.2 Å². The zero-order chi connectivity index (χ0) is 14.5. The van der Waals surface area contributed by atoms with E-state index < -0.39 is 0 Å². The highest BCUT2D eigenvalue weighted by atomic mass is 79.9. The lowest BCUT2D eigenvalue weighted by molar-refractivity contribution is 0.0899. The van der Waals surface area contributed by atoms with Crippen LogP contribution in [-0.2, 0) is 4.74 Å². The Hall–Kier alpha value is -1.14. The van der Waals surface area contributed by atoms with E-state index in [0.29, 0.717) is 16.1 Å². The quantitative estimate of drug-likeness (QED) is 0.861. The molecule has 2 atom stereocenters. The molecule has 20 heavy (non-hydrogen) atoms. The smallest absolute Gasteiger partial charge is 0.262 e. The number of H-pyrrole nitrogens is 1. The Morgan fingerprint density at radius 3 is 3.10 bits per heavy atom. The first-order chi connectivity index (χ1) is 9.56. The van der Waals surface area contributed by atoms with Gasteiger partial charge in [-0.25, -0.2) is 0 Å². The maximum absolute atomic E-state index is 12.0. The monoisotopic (exact) mass is 342 g/mol. The van der Waals surface area contributed by atoms with Gasteiger partial charge in [0.1, 0.15) is 0 Å². The number of rotatable bonds is 5. The molecule has 5 nitrogen and oxygen atoms in total. The summed E-state index contributed by atoms with van der Waals surface area (Å²) in [6, 6.07) is 1.61. The van der Waals surface area contributed by atoms with Crippen molar-refractivity contribution in [1.82, 2.24) is 10.3 Å². The molecule has 1 aliphatic rings. The molecule has 0 unspecified atom stereocenters. The van der Waals surface area contributed by atoms with E-state index in [9.17, 15) is 9.59 Å². The summed E-state index contributed by atoms with van der Waals surface area (Å²) in [6.45, 7) is 2.84. The van der Waals surface area contributed by atoms with Crippen LogP contribution < -0.4 is 10.9 Å². The number of aromatic nitrogens is 1. The van der Waals surface area contributed by atoms with Crippen LogP contribution in [0.4, 0.5) is 0 Å². The second kappa shape index (κ2) is 7.04. The normalized spacial score (nSPS) is 19.8. The predicted molar refractivity (Wildman–Crippen MR) is 79.9 cm³/mol. The van der Waals surface area contributed by atoms with Crippen LogP contribution in [0.5, 0.6) is 0 Å². The number of nitrogens with one attached hydrogen (secondary N) is 2. The van der Waals surface area contributed by atoms with Crippen molar-refractivity contribution in [2.24, 2.45) is 0 Å². The Bertz CT molecular complexity index is 523. The zero-order valence-corrected chi connectivity index (χ0v) is 13.0. The fourth-order valence-electron chi connectivity index (χ4n) is 2.27. The topological polar surface area (TPSA) is 71.2 Å². The third-order valence-corrected chi connectivity index (χ3v) is 4.03. The van der Waals surface area contributed by atoms with E-state index in [-0.39, 0.29) is 17.5 Å². The third kappa shape index (κ3) is 4.18. The van der Waals surface area contributed by atoms with Gasteiger partial charge in [-0.2, -0.15) is 0 Å². The van der Waals surface area contributed by atoms with Crippen molar-refractivity contribution in [3.63, 3.8) is 0 Å². The van der Waals surface area contributed by atoms with E-state index in [1.165, 1.54) is 12.3 Å². The minimum Gasteiger partial charge on any atom is -0.378 e. The number of aromatic amines is 1. The van der Waals surface area contributed by atoms with Gasteiger partial charge in [0.2, 0.25) is 0 Å². The summed E-state index contributed by atoms with van der Waals surface area (Å²) in [4.78, 5) is 25.8. The van der Waals surface area contributed by atoms with E-state index in [1.807, 2.05) is 6.92 Å². The maximum Gasteiger partial charge on any atom is 0.262 e. The molecule has 0 spiro atoms. The molecule has 0 saturated carbocycles. The molecule has 110 valence electrons. The number of carbonyl (C=O) groups excluding carboxylic acids is 1. The molecule has 0 radical (unpaired) electrons. The van der Waals surface area contributed by atoms with E-state index in [0.717, 1.165) is 32.3 Å². The van der Waals surface area contributed by atoms with Crippen molar-refractivity contribution in [1.29, 1.82) is 0 Å². The van der Waals surface area contributed by atoms with Crippen LogP contribution in [0.1, 0.15) is 43.0 Å². The Morgan fingerprint density at radius 1 is 1.65 bits per heavy atom. The minimum atomic E-state index is -0.243. The van der Waals surface area contributed by atoms with Gasteiger partial charge in [0.25, 0.3) is 11.5 Å². The van der Waals surface area contributed by atoms with Crippen molar-refractivity contribution in [2.45, 2.75) is 44.8 Å². The highest BCUT2D eigenvalue weighted by molar-refractivity contribution is 9.10. The molecular weight excluding hydrogens is 324 g/mol. The Labute approximate surface area is 126 Å². The Morgan fingerprint density at radius 2 is 2.45 bits per heavy atom. The maximum atomic E-state index is 12.0. The summed E-state index contributed by atoms with van der Waals surface area (Å²) >= 11 is 3.12. The van der Waals surface area contributed by atoms with E-state index in [1.54, 1.807) is 0 Å². The fourth-order valence-corrected chi connectivity index (χ4v) is 2.64. The molecule has 1 aromatic rings. The Balaban J connectivity index is 1.83. The number of carbonyl (C=O) groups is 1. The molecule has 2 rings (SSSR count). The number of hydrogen-bond acceptors (Lipinski definition) is 3. The van der Waals surface area contributed by atoms with Gasteiger partial charge >= 0.3 is 0 Å². The molecule has 1 fully saturated rings. The fraction of sp³-hybridized carbons (Fsp3) is 0.571. The molecule has 2 heterocycles. The van der Waals surface area contributed by atoms with Crippen LogP contribution >= 0.6 is 15.9 Å². The predicted octanol–water partition coefficient (Wildman–Crippen LogP) is 2.21. The van der Waals surface area contributed by atoms with Crippen LogP contribution in [0.3, 0.4) is 0 Å². The zero-order valence-electron chi connectivity index (χ0n) is 11.4. The van der Waals surface area contributed by atoms with Crippen molar-refractivity contribution >= 4 is 21.8 Å². The standard InChI is InChI=1S/C14H19BrN2O3/c1-9(4-5-11-3-2-6-20-11)17-13(18)10-7-12(15)14(19)16-8-10/h7-9,11H,2-6H2,1H3,(H,16,19)(H,17,18)/t9-,11-/m0/s1. The largest absolute Gasteiger partial charge is 0.378 e. The van der Waals surface area contributed by atoms with Crippen LogP contribution in [0, 0.1) is 0 Å². The van der Waals surface area contributed by atoms with Gasteiger partial charge < -0.3 is 15.0 Å².